The predicted molar refractivity (Wildman–Crippen MR) is 200 cm³/mol. The number of allylic oxidation sites excluding steroid dienone is 3. The number of carboxylic acid groups (broad SMARTS) is 1. The second-order valence-electron chi connectivity index (χ2n) is 18.7. The minimum atomic E-state index is -3.04. The van der Waals surface area contributed by atoms with Crippen molar-refractivity contribution in [1.82, 2.24) is 10.2 Å². The molecule has 2 N–H and O–H groups in total. The first-order valence-electron chi connectivity index (χ1n) is 19.3. The summed E-state index contributed by atoms with van der Waals surface area (Å²) in [5.41, 5.74) is 4.30. The van der Waals surface area contributed by atoms with E-state index < -0.39 is 21.3 Å². The van der Waals surface area contributed by atoms with Gasteiger partial charge in [-0.05, 0) is 125 Å². The van der Waals surface area contributed by atoms with E-state index in [0.717, 1.165) is 56.1 Å². The van der Waals surface area contributed by atoms with Gasteiger partial charge in [0.1, 0.15) is 0 Å². The van der Waals surface area contributed by atoms with Crippen molar-refractivity contribution < 1.29 is 27.9 Å². The Labute approximate surface area is 304 Å². The topological polar surface area (TPSA) is 121 Å². The van der Waals surface area contributed by atoms with Gasteiger partial charge in [0, 0.05) is 19.5 Å². The lowest BCUT2D eigenvalue weighted by atomic mass is 9.33. The molecule has 51 heavy (non-hydrogen) atoms. The van der Waals surface area contributed by atoms with Gasteiger partial charge in [0.15, 0.2) is 15.6 Å². The number of nitrogens with zero attached hydrogens (tertiary/aromatic N) is 1. The van der Waals surface area contributed by atoms with Crippen LogP contribution < -0.4 is 5.32 Å². The number of Topliss-reactive ketones (excluding diaryl/α,β-unsaturated/α-hetero) is 1. The highest BCUT2D eigenvalue weighted by molar-refractivity contribution is 7.91. The van der Waals surface area contributed by atoms with E-state index in [2.05, 4.69) is 59.9 Å². The summed E-state index contributed by atoms with van der Waals surface area (Å²) in [6, 6.07) is 7.40. The smallest absolute Gasteiger partial charge is 0.335 e. The quantitative estimate of drug-likeness (QED) is 0.327. The molecule has 7 atom stereocenters. The van der Waals surface area contributed by atoms with Crippen molar-refractivity contribution in [1.29, 1.82) is 0 Å². The number of carboxylic acids is 1. The van der Waals surface area contributed by atoms with Crippen molar-refractivity contribution in [3.63, 3.8) is 0 Å². The van der Waals surface area contributed by atoms with Gasteiger partial charge in [-0.2, -0.15) is 0 Å². The molecule has 0 aromatic heterocycles. The number of fused-ring (bicyclic) bond motifs is 7. The van der Waals surface area contributed by atoms with Gasteiger partial charge in [0.05, 0.1) is 29.2 Å². The van der Waals surface area contributed by atoms with E-state index in [4.69, 9.17) is 0 Å². The van der Waals surface area contributed by atoms with Gasteiger partial charge in [-0.15, -0.1) is 0 Å². The van der Waals surface area contributed by atoms with Crippen LogP contribution in [0, 0.1) is 45.3 Å². The van der Waals surface area contributed by atoms with E-state index in [9.17, 15) is 27.9 Å². The van der Waals surface area contributed by atoms with Gasteiger partial charge in [-0.3, -0.25) is 14.5 Å². The van der Waals surface area contributed by atoms with Crippen LogP contribution in [0.3, 0.4) is 0 Å². The molecule has 4 fully saturated rings. The second-order valence-corrected chi connectivity index (χ2v) is 21.0. The second kappa shape index (κ2) is 12.1. The molecule has 7 rings (SSSR count). The minimum absolute atomic E-state index is 0.0275. The molecule has 0 bridgehead atoms. The third-order valence-corrected chi connectivity index (χ3v) is 17.2. The molecule has 1 aromatic carbocycles. The van der Waals surface area contributed by atoms with Crippen molar-refractivity contribution in [3.05, 3.63) is 52.6 Å². The van der Waals surface area contributed by atoms with Crippen LogP contribution >= 0.6 is 0 Å². The van der Waals surface area contributed by atoms with Crippen LogP contribution in [0.25, 0.3) is 5.57 Å². The molecule has 6 aliphatic rings. The van der Waals surface area contributed by atoms with Gasteiger partial charge in [-0.25, -0.2) is 13.2 Å². The summed E-state index contributed by atoms with van der Waals surface area (Å²) < 4.78 is 24.0. The molecule has 1 saturated heterocycles. The van der Waals surface area contributed by atoms with Gasteiger partial charge in [0.25, 0.3) is 0 Å². The van der Waals surface area contributed by atoms with Gasteiger partial charge >= 0.3 is 5.97 Å². The number of amides is 1. The molecule has 1 heterocycles. The largest absolute Gasteiger partial charge is 0.478 e. The SMILES string of the molecule is CC(C)C1=C2C3CCC4[C@@]5(C)CC=C(c6ccc(C(=O)O)cc6)C(C)(C)C5CC[C@@]4(C)[C@]3(C)CC[C@@]2(NC(=O)CN2CCS(=O)(=O)CC2)CC1=O. The number of nitrogens with one attached hydrogen (secondary N) is 1. The number of carbonyl (C=O) groups is 3. The maximum atomic E-state index is 14.0. The Morgan fingerprint density at radius 2 is 1.59 bits per heavy atom. The average Bonchev–Trinajstić information content (AvgIpc) is 3.34. The first kappa shape index (κ1) is 36.6. The van der Waals surface area contributed by atoms with Crippen LogP contribution in [0.15, 0.2) is 41.5 Å². The van der Waals surface area contributed by atoms with Crippen LogP contribution in [0.5, 0.6) is 0 Å². The summed E-state index contributed by atoms with van der Waals surface area (Å²) in [4.78, 5) is 41.2. The first-order valence-corrected chi connectivity index (χ1v) is 21.2. The van der Waals surface area contributed by atoms with Gasteiger partial charge in [0.2, 0.25) is 5.91 Å². The first-order chi connectivity index (χ1) is 23.8. The highest BCUT2D eigenvalue weighted by Crippen LogP contribution is 2.76. The van der Waals surface area contributed by atoms with Crippen LogP contribution in [-0.4, -0.2) is 72.8 Å². The van der Waals surface area contributed by atoms with Crippen molar-refractivity contribution in [2.45, 2.75) is 105 Å². The number of sulfone groups is 1. The molecule has 3 unspecified atom stereocenters. The zero-order valence-corrected chi connectivity index (χ0v) is 32.5. The maximum absolute atomic E-state index is 14.0. The molecule has 1 aliphatic heterocycles. The lowest BCUT2D eigenvalue weighted by molar-refractivity contribution is -0.194. The molecule has 8 nitrogen and oxygen atoms in total. The fourth-order valence-corrected chi connectivity index (χ4v) is 14.3. The normalized spacial score (nSPS) is 38.6. The maximum Gasteiger partial charge on any atom is 0.335 e. The third-order valence-electron chi connectivity index (χ3n) is 15.6. The van der Waals surface area contributed by atoms with E-state index in [1.165, 1.54) is 11.1 Å². The fraction of sp³-hybridized carbons (Fsp3) is 0.690. The van der Waals surface area contributed by atoms with E-state index in [1.54, 1.807) is 12.1 Å². The summed E-state index contributed by atoms with van der Waals surface area (Å²) in [6.45, 7) is 17.6. The van der Waals surface area contributed by atoms with E-state index in [1.807, 2.05) is 17.0 Å². The summed E-state index contributed by atoms with van der Waals surface area (Å²) in [5, 5.41) is 12.9. The van der Waals surface area contributed by atoms with E-state index >= 15 is 0 Å². The molecule has 278 valence electrons. The molecular formula is C42H58N2O6S. The number of aromatic carboxylic acids is 1. The summed E-state index contributed by atoms with van der Waals surface area (Å²) >= 11 is 0. The molecular weight excluding hydrogens is 661 g/mol. The molecule has 0 spiro atoms. The zero-order valence-electron chi connectivity index (χ0n) is 31.7. The Morgan fingerprint density at radius 1 is 0.922 bits per heavy atom. The number of carbonyl (C=O) groups excluding carboxylic acids is 2. The Kier molecular flexibility index (Phi) is 8.69. The monoisotopic (exact) mass is 718 g/mol. The Bertz CT molecular complexity index is 1810. The van der Waals surface area contributed by atoms with Crippen molar-refractivity contribution >= 4 is 33.1 Å². The highest BCUT2D eigenvalue weighted by Gasteiger charge is 2.69. The number of hydrogen-bond donors (Lipinski definition) is 2. The number of rotatable bonds is 6. The van der Waals surface area contributed by atoms with Crippen molar-refractivity contribution in [2.75, 3.05) is 31.1 Å². The van der Waals surface area contributed by atoms with E-state index in [0.29, 0.717) is 36.9 Å². The van der Waals surface area contributed by atoms with Gasteiger partial charge in [-0.1, -0.05) is 66.7 Å². The molecule has 3 saturated carbocycles. The Morgan fingerprint density at radius 3 is 2.22 bits per heavy atom. The summed E-state index contributed by atoms with van der Waals surface area (Å²) in [6.07, 6.45) is 9.82. The van der Waals surface area contributed by atoms with Crippen LogP contribution in [-0.2, 0) is 19.4 Å². The standard InChI is InChI=1S/C42H58N2O6S/c1-26(2)35-31(45)24-42(43-34(46)25-44-20-22-51(49,50)23-21-44)19-18-40(6)30(36(35)42)12-13-33-39(5)16-14-29(27-8-10-28(11-9-27)37(47)48)38(3,4)32(39)15-17-41(33,40)7/h8-11,14,26,30,32-33H,12-13,15-25H2,1-7H3,(H,43,46)(H,47,48)/t30?,32?,33?,39-,40+,41+,42+/m0/s1. The number of ketones is 1. The molecule has 1 amide bonds. The zero-order chi connectivity index (χ0) is 36.9. The van der Waals surface area contributed by atoms with Crippen molar-refractivity contribution in [3.8, 4) is 0 Å². The lowest BCUT2D eigenvalue weighted by Gasteiger charge is -2.71. The van der Waals surface area contributed by atoms with Gasteiger partial charge < -0.3 is 10.4 Å². The van der Waals surface area contributed by atoms with Crippen LogP contribution in [0.4, 0.5) is 0 Å². The average molecular weight is 719 g/mol. The predicted octanol–water partition coefficient (Wildman–Crippen LogP) is 6.96. The van der Waals surface area contributed by atoms with Crippen LogP contribution in [0.1, 0.15) is 116 Å². The third kappa shape index (κ3) is 5.52. The minimum Gasteiger partial charge on any atom is -0.478 e. The van der Waals surface area contributed by atoms with Crippen molar-refractivity contribution in [2.24, 2.45) is 45.3 Å². The Hall–Kier alpha value is -2.78. The molecule has 9 heteroatoms. The Balaban J connectivity index is 1.19. The number of hydrogen-bond acceptors (Lipinski definition) is 6. The molecule has 1 aromatic rings. The summed E-state index contributed by atoms with van der Waals surface area (Å²) in [7, 11) is -3.04. The highest BCUT2D eigenvalue weighted by atomic mass is 32.2. The van der Waals surface area contributed by atoms with E-state index in [-0.39, 0.29) is 63.2 Å². The summed E-state index contributed by atoms with van der Waals surface area (Å²) in [5.74, 6) is 0.618. The molecule has 5 aliphatic carbocycles. The molecule has 0 radical (unpaired) electrons. The number of benzene rings is 1. The van der Waals surface area contributed by atoms with Crippen LogP contribution in [0.2, 0.25) is 0 Å². The lowest BCUT2D eigenvalue weighted by Crippen LogP contribution is -2.66. The fourth-order valence-electron chi connectivity index (χ4n) is 13.1.